The standard InChI is InChI=1S/C13H24N2OS2/c1-4-13(2,11(14)17)12(16)15-9-7-5-6-8-10(9)18-3/h9-10H,4-8H2,1-3H3,(H2,14,17)(H,15,16). The Labute approximate surface area is 120 Å². The van der Waals surface area contributed by atoms with E-state index < -0.39 is 5.41 Å². The maximum absolute atomic E-state index is 12.4. The third-order valence-electron chi connectivity index (χ3n) is 4.07. The minimum atomic E-state index is -0.713. The number of hydrogen-bond acceptors (Lipinski definition) is 3. The zero-order chi connectivity index (χ0) is 13.8. The number of hydrogen-bond donors (Lipinski definition) is 2. The van der Waals surface area contributed by atoms with Gasteiger partial charge in [0.05, 0.1) is 10.4 Å². The molecule has 0 spiro atoms. The van der Waals surface area contributed by atoms with Crippen molar-refractivity contribution in [3.8, 4) is 0 Å². The van der Waals surface area contributed by atoms with Crippen molar-refractivity contribution in [3.63, 3.8) is 0 Å². The molecular weight excluding hydrogens is 264 g/mol. The van der Waals surface area contributed by atoms with Gasteiger partial charge in [-0.25, -0.2) is 0 Å². The van der Waals surface area contributed by atoms with Gasteiger partial charge in [-0.2, -0.15) is 11.8 Å². The van der Waals surface area contributed by atoms with Gasteiger partial charge in [-0.15, -0.1) is 0 Å². The van der Waals surface area contributed by atoms with Gasteiger partial charge < -0.3 is 11.1 Å². The fraction of sp³-hybridized carbons (Fsp3) is 0.846. The van der Waals surface area contributed by atoms with Gasteiger partial charge in [-0.05, 0) is 32.4 Å². The Kier molecular flexibility index (Phi) is 5.92. The quantitative estimate of drug-likeness (QED) is 0.763. The Morgan fingerprint density at radius 1 is 1.50 bits per heavy atom. The van der Waals surface area contributed by atoms with Crippen LogP contribution in [0.2, 0.25) is 0 Å². The lowest BCUT2D eigenvalue weighted by Gasteiger charge is -2.34. The molecule has 0 aromatic rings. The van der Waals surface area contributed by atoms with E-state index in [0.29, 0.717) is 16.7 Å². The van der Waals surface area contributed by atoms with Gasteiger partial charge in [0.15, 0.2) is 0 Å². The van der Waals surface area contributed by atoms with Crippen LogP contribution in [0.25, 0.3) is 0 Å². The lowest BCUT2D eigenvalue weighted by atomic mass is 9.85. The molecule has 3 unspecified atom stereocenters. The summed E-state index contributed by atoms with van der Waals surface area (Å²) in [6, 6.07) is 0.265. The van der Waals surface area contributed by atoms with Crippen LogP contribution >= 0.6 is 24.0 Å². The second kappa shape index (κ2) is 6.75. The van der Waals surface area contributed by atoms with Gasteiger partial charge in [0.2, 0.25) is 5.91 Å². The van der Waals surface area contributed by atoms with E-state index >= 15 is 0 Å². The highest BCUT2D eigenvalue weighted by Crippen LogP contribution is 2.29. The summed E-state index contributed by atoms with van der Waals surface area (Å²) in [5.74, 6) is -0.0107. The molecule has 0 radical (unpaired) electrons. The molecule has 3 atom stereocenters. The SMILES string of the molecule is CCC(C)(C(=O)NC1CCCCC1SC)C(N)=S. The number of rotatable bonds is 5. The van der Waals surface area contributed by atoms with Crippen LogP contribution in [-0.2, 0) is 4.79 Å². The van der Waals surface area contributed by atoms with E-state index in [4.69, 9.17) is 18.0 Å². The molecule has 3 nitrogen and oxygen atoms in total. The topological polar surface area (TPSA) is 55.1 Å². The lowest BCUT2D eigenvalue weighted by Crippen LogP contribution is -2.52. The van der Waals surface area contributed by atoms with Crippen molar-refractivity contribution in [2.24, 2.45) is 11.1 Å². The van der Waals surface area contributed by atoms with Crippen LogP contribution in [0.4, 0.5) is 0 Å². The molecule has 1 fully saturated rings. The number of carbonyl (C=O) groups is 1. The van der Waals surface area contributed by atoms with Crippen molar-refractivity contribution in [1.82, 2.24) is 5.32 Å². The van der Waals surface area contributed by atoms with E-state index in [1.807, 2.05) is 25.6 Å². The molecule has 0 aromatic heterocycles. The fourth-order valence-electron chi connectivity index (χ4n) is 2.32. The second-order valence-electron chi connectivity index (χ2n) is 5.19. The Morgan fingerprint density at radius 2 is 2.11 bits per heavy atom. The minimum absolute atomic E-state index is 0.0107. The predicted octanol–water partition coefficient (Wildman–Crippen LogP) is 2.48. The molecular formula is C13H24N2OS2. The summed E-state index contributed by atoms with van der Waals surface area (Å²) < 4.78 is 0. The summed E-state index contributed by atoms with van der Waals surface area (Å²) in [5, 5.41) is 3.69. The Hall–Kier alpha value is -0.290. The van der Waals surface area contributed by atoms with Crippen LogP contribution < -0.4 is 11.1 Å². The third kappa shape index (κ3) is 3.38. The molecule has 1 rings (SSSR count). The maximum atomic E-state index is 12.4. The highest BCUT2D eigenvalue weighted by Gasteiger charge is 2.37. The summed E-state index contributed by atoms with van der Waals surface area (Å²) in [6.45, 7) is 3.78. The molecule has 1 aliphatic carbocycles. The molecule has 3 N–H and O–H groups in total. The first-order valence-corrected chi connectivity index (χ1v) is 8.29. The van der Waals surface area contributed by atoms with Gasteiger partial charge in [0.25, 0.3) is 0 Å². The van der Waals surface area contributed by atoms with Gasteiger partial charge in [0, 0.05) is 11.3 Å². The molecule has 0 saturated heterocycles. The second-order valence-corrected chi connectivity index (χ2v) is 6.71. The van der Waals surface area contributed by atoms with E-state index in [-0.39, 0.29) is 11.9 Å². The summed E-state index contributed by atoms with van der Waals surface area (Å²) in [4.78, 5) is 12.7. The van der Waals surface area contributed by atoms with Gasteiger partial charge in [0.1, 0.15) is 0 Å². The molecule has 18 heavy (non-hydrogen) atoms. The zero-order valence-electron chi connectivity index (χ0n) is 11.5. The summed E-state index contributed by atoms with van der Waals surface area (Å²) in [6.07, 6.45) is 7.46. The molecule has 0 aromatic carbocycles. The predicted molar refractivity (Wildman–Crippen MR) is 82.9 cm³/mol. The van der Waals surface area contributed by atoms with Crippen LogP contribution in [0.5, 0.6) is 0 Å². The largest absolute Gasteiger partial charge is 0.392 e. The third-order valence-corrected chi connectivity index (χ3v) is 5.69. The van der Waals surface area contributed by atoms with Crippen molar-refractivity contribution in [2.45, 2.75) is 57.2 Å². The molecule has 104 valence electrons. The highest BCUT2D eigenvalue weighted by atomic mass is 32.2. The van der Waals surface area contributed by atoms with Crippen molar-refractivity contribution in [1.29, 1.82) is 0 Å². The molecule has 5 heteroatoms. The summed E-state index contributed by atoms with van der Waals surface area (Å²) in [7, 11) is 0. The van der Waals surface area contributed by atoms with E-state index in [9.17, 15) is 4.79 Å². The normalized spacial score (nSPS) is 27.3. The van der Waals surface area contributed by atoms with Gasteiger partial charge in [-0.1, -0.05) is 32.0 Å². The van der Waals surface area contributed by atoms with Gasteiger partial charge in [-0.3, -0.25) is 4.79 Å². The van der Waals surface area contributed by atoms with Crippen LogP contribution in [0, 0.1) is 5.41 Å². The minimum Gasteiger partial charge on any atom is -0.392 e. The zero-order valence-corrected chi connectivity index (χ0v) is 13.1. The number of carbonyl (C=O) groups excluding carboxylic acids is 1. The Bertz CT molecular complexity index is 322. The Morgan fingerprint density at radius 3 is 2.61 bits per heavy atom. The molecule has 1 saturated carbocycles. The van der Waals surface area contributed by atoms with Crippen molar-refractivity contribution in [3.05, 3.63) is 0 Å². The number of thiocarbonyl (C=S) groups is 1. The van der Waals surface area contributed by atoms with Crippen molar-refractivity contribution < 1.29 is 4.79 Å². The first kappa shape index (κ1) is 15.8. The van der Waals surface area contributed by atoms with Crippen LogP contribution in [-0.4, -0.2) is 28.4 Å². The van der Waals surface area contributed by atoms with Crippen LogP contribution in [0.3, 0.4) is 0 Å². The van der Waals surface area contributed by atoms with Gasteiger partial charge >= 0.3 is 0 Å². The average molecular weight is 288 g/mol. The average Bonchev–Trinajstić information content (AvgIpc) is 2.37. The van der Waals surface area contributed by atoms with Crippen LogP contribution in [0.15, 0.2) is 0 Å². The monoisotopic (exact) mass is 288 g/mol. The number of thioether (sulfide) groups is 1. The highest BCUT2D eigenvalue weighted by molar-refractivity contribution is 7.99. The van der Waals surface area contributed by atoms with E-state index in [1.54, 1.807) is 0 Å². The van der Waals surface area contributed by atoms with E-state index in [0.717, 1.165) is 6.42 Å². The smallest absolute Gasteiger partial charge is 0.233 e. The number of nitrogens with two attached hydrogens (primary N) is 1. The van der Waals surface area contributed by atoms with Crippen molar-refractivity contribution >= 4 is 34.9 Å². The Balaban J connectivity index is 2.70. The molecule has 1 aliphatic rings. The van der Waals surface area contributed by atoms with E-state index in [1.165, 1.54) is 19.3 Å². The summed E-state index contributed by atoms with van der Waals surface area (Å²) >= 11 is 6.89. The lowest BCUT2D eigenvalue weighted by molar-refractivity contribution is -0.127. The first-order chi connectivity index (χ1) is 8.45. The fourth-order valence-corrected chi connectivity index (χ4v) is 3.49. The molecule has 0 bridgehead atoms. The molecule has 0 heterocycles. The maximum Gasteiger partial charge on any atom is 0.233 e. The molecule has 1 amide bonds. The summed E-state index contributed by atoms with van der Waals surface area (Å²) in [5.41, 5.74) is 5.01. The first-order valence-electron chi connectivity index (χ1n) is 6.59. The van der Waals surface area contributed by atoms with Crippen molar-refractivity contribution in [2.75, 3.05) is 6.26 Å². The number of amides is 1. The van der Waals surface area contributed by atoms with Crippen LogP contribution in [0.1, 0.15) is 46.0 Å². The number of nitrogens with one attached hydrogen (secondary N) is 1. The van der Waals surface area contributed by atoms with E-state index in [2.05, 4.69) is 11.6 Å². The molecule has 0 aliphatic heterocycles.